The van der Waals surface area contributed by atoms with E-state index in [1.807, 2.05) is 0 Å². The molecule has 7 heteroatoms. The van der Waals surface area contributed by atoms with Gasteiger partial charge in [-0.25, -0.2) is 14.3 Å². The molecule has 0 bridgehead atoms. The maximum atomic E-state index is 10.8. The molecule has 0 unspecified atom stereocenters. The Morgan fingerprint density at radius 2 is 2.40 bits per heavy atom. The van der Waals surface area contributed by atoms with Gasteiger partial charge in [0.2, 0.25) is 0 Å². The second-order valence-electron chi connectivity index (χ2n) is 2.81. The highest BCUT2D eigenvalue weighted by Gasteiger charge is 2.14. The standard InChI is InChI=1S/C8H7ClN4O2/c1-10-4-2-6(9)12-13-5(8(14)15)3-11-7(4)13/h2-3,10H,1H3,(H,14,15). The fraction of sp³-hybridized carbons (Fsp3) is 0.125. The molecule has 2 rings (SSSR count). The molecule has 0 amide bonds. The van der Waals surface area contributed by atoms with Crippen LogP contribution in [0.4, 0.5) is 5.69 Å². The number of aromatic nitrogens is 3. The predicted octanol–water partition coefficient (Wildman–Crippen LogP) is 1.12. The first kappa shape index (κ1) is 9.72. The summed E-state index contributed by atoms with van der Waals surface area (Å²) >= 11 is 5.74. The fourth-order valence-electron chi connectivity index (χ4n) is 1.27. The van der Waals surface area contributed by atoms with E-state index in [1.54, 1.807) is 13.1 Å². The summed E-state index contributed by atoms with van der Waals surface area (Å²) in [5.41, 5.74) is 1.03. The number of hydrogen-bond acceptors (Lipinski definition) is 4. The molecule has 6 nitrogen and oxygen atoms in total. The van der Waals surface area contributed by atoms with E-state index >= 15 is 0 Å². The minimum absolute atomic E-state index is 0.0241. The van der Waals surface area contributed by atoms with Crippen LogP contribution in [0.25, 0.3) is 5.65 Å². The molecule has 0 saturated carbocycles. The van der Waals surface area contributed by atoms with E-state index < -0.39 is 5.97 Å². The van der Waals surface area contributed by atoms with Gasteiger partial charge < -0.3 is 10.4 Å². The topological polar surface area (TPSA) is 79.5 Å². The number of carboxylic acid groups (broad SMARTS) is 1. The highest BCUT2D eigenvalue weighted by atomic mass is 35.5. The third kappa shape index (κ3) is 1.48. The number of imidazole rings is 1. The molecule has 0 atom stereocenters. The molecule has 78 valence electrons. The molecule has 2 N–H and O–H groups in total. The quantitative estimate of drug-likeness (QED) is 0.802. The first-order chi connectivity index (χ1) is 7.13. The lowest BCUT2D eigenvalue weighted by molar-refractivity contribution is 0.0688. The smallest absolute Gasteiger partial charge is 0.356 e. The van der Waals surface area contributed by atoms with Crippen LogP contribution in [0.15, 0.2) is 12.3 Å². The van der Waals surface area contributed by atoms with Crippen LogP contribution in [0, 0.1) is 0 Å². The minimum atomic E-state index is -1.10. The van der Waals surface area contributed by atoms with E-state index in [4.69, 9.17) is 16.7 Å². The van der Waals surface area contributed by atoms with Gasteiger partial charge in [-0.3, -0.25) is 0 Å². The van der Waals surface area contributed by atoms with Crippen LogP contribution in [0.1, 0.15) is 10.5 Å². The molecule has 0 aliphatic carbocycles. The van der Waals surface area contributed by atoms with E-state index in [0.29, 0.717) is 11.3 Å². The molecule has 0 saturated heterocycles. The Balaban J connectivity index is 2.80. The third-order valence-corrected chi connectivity index (χ3v) is 2.11. The number of anilines is 1. The van der Waals surface area contributed by atoms with Gasteiger partial charge in [0, 0.05) is 13.1 Å². The van der Waals surface area contributed by atoms with E-state index in [-0.39, 0.29) is 10.8 Å². The van der Waals surface area contributed by atoms with Gasteiger partial charge >= 0.3 is 5.97 Å². The Morgan fingerprint density at radius 1 is 1.67 bits per heavy atom. The maximum absolute atomic E-state index is 10.8. The number of hydrogen-bond donors (Lipinski definition) is 2. The summed E-state index contributed by atoms with van der Waals surface area (Å²) in [4.78, 5) is 14.8. The number of nitrogens with one attached hydrogen (secondary N) is 1. The first-order valence-corrected chi connectivity index (χ1v) is 4.46. The van der Waals surface area contributed by atoms with Crippen molar-refractivity contribution in [3.63, 3.8) is 0 Å². The van der Waals surface area contributed by atoms with Crippen molar-refractivity contribution in [3.8, 4) is 0 Å². The van der Waals surface area contributed by atoms with Gasteiger partial charge in [0.1, 0.15) is 0 Å². The van der Waals surface area contributed by atoms with Gasteiger partial charge in [-0.15, -0.1) is 0 Å². The van der Waals surface area contributed by atoms with Crippen LogP contribution in [0.5, 0.6) is 0 Å². The van der Waals surface area contributed by atoms with Crippen LogP contribution in [-0.2, 0) is 0 Å². The lowest BCUT2D eigenvalue weighted by Crippen LogP contribution is -2.05. The van der Waals surface area contributed by atoms with Crippen LogP contribution in [0.2, 0.25) is 5.15 Å². The molecule has 0 spiro atoms. The maximum Gasteiger partial charge on any atom is 0.356 e. The molecular formula is C8H7ClN4O2. The fourth-order valence-corrected chi connectivity index (χ4v) is 1.45. The van der Waals surface area contributed by atoms with Crippen molar-refractivity contribution < 1.29 is 9.90 Å². The largest absolute Gasteiger partial charge is 0.476 e. The van der Waals surface area contributed by atoms with E-state index in [0.717, 1.165) is 0 Å². The molecule has 15 heavy (non-hydrogen) atoms. The van der Waals surface area contributed by atoms with Crippen molar-refractivity contribution in [2.75, 3.05) is 12.4 Å². The average Bonchev–Trinajstić information content (AvgIpc) is 2.59. The number of aromatic carboxylic acids is 1. The summed E-state index contributed by atoms with van der Waals surface area (Å²) in [6, 6.07) is 1.58. The van der Waals surface area contributed by atoms with Crippen molar-refractivity contribution in [1.29, 1.82) is 0 Å². The summed E-state index contributed by atoms with van der Waals surface area (Å²) < 4.78 is 1.19. The zero-order valence-corrected chi connectivity index (χ0v) is 8.49. The summed E-state index contributed by atoms with van der Waals surface area (Å²) in [5, 5.41) is 15.8. The average molecular weight is 227 g/mol. The van der Waals surface area contributed by atoms with Gasteiger partial charge in [-0.2, -0.15) is 5.10 Å². The summed E-state index contributed by atoms with van der Waals surface area (Å²) in [6.07, 6.45) is 1.24. The Labute approximate surface area is 89.5 Å². The molecule has 2 aromatic rings. The van der Waals surface area contributed by atoms with E-state index in [1.165, 1.54) is 10.7 Å². The highest BCUT2D eigenvalue weighted by Crippen LogP contribution is 2.19. The second-order valence-corrected chi connectivity index (χ2v) is 3.20. The molecule has 0 radical (unpaired) electrons. The van der Waals surface area contributed by atoms with Crippen molar-refractivity contribution in [2.24, 2.45) is 0 Å². The number of carbonyl (C=O) groups is 1. The Hall–Kier alpha value is -1.82. The summed E-state index contributed by atoms with van der Waals surface area (Å²) in [6.45, 7) is 0. The Kier molecular flexibility index (Phi) is 2.20. The molecule has 2 aromatic heterocycles. The number of rotatable bonds is 2. The summed E-state index contributed by atoms with van der Waals surface area (Å²) in [5.74, 6) is -1.10. The highest BCUT2D eigenvalue weighted by molar-refractivity contribution is 6.29. The zero-order chi connectivity index (χ0) is 11.0. The third-order valence-electron chi connectivity index (χ3n) is 1.93. The SMILES string of the molecule is CNc1cc(Cl)nn2c(C(=O)O)cnc12. The van der Waals surface area contributed by atoms with Crippen LogP contribution in [-0.4, -0.2) is 32.7 Å². The molecule has 0 aromatic carbocycles. The van der Waals surface area contributed by atoms with Gasteiger partial charge in [0.05, 0.1) is 11.9 Å². The predicted molar refractivity (Wildman–Crippen MR) is 54.5 cm³/mol. The number of nitrogens with zero attached hydrogens (tertiary/aromatic N) is 3. The van der Waals surface area contributed by atoms with Gasteiger partial charge in [-0.1, -0.05) is 11.6 Å². The van der Waals surface area contributed by atoms with Crippen molar-refractivity contribution in [3.05, 3.63) is 23.1 Å². The van der Waals surface area contributed by atoms with Crippen LogP contribution in [0.3, 0.4) is 0 Å². The van der Waals surface area contributed by atoms with Crippen LogP contribution < -0.4 is 5.32 Å². The molecule has 2 heterocycles. The zero-order valence-electron chi connectivity index (χ0n) is 7.73. The van der Waals surface area contributed by atoms with E-state index in [2.05, 4.69) is 15.4 Å². The minimum Gasteiger partial charge on any atom is -0.476 e. The Bertz CT molecular complexity index is 537. The second kappa shape index (κ2) is 3.39. The van der Waals surface area contributed by atoms with Crippen molar-refractivity contribution in [1.82, 2.24) is 14.6 Å². The van der Waals surface area contributed by atoms with Crippen LogP contribution >= 0.6 is 11.6 Å². The first-order valence-electron chi connectivity index (χ1n) is 4.09. The number of fused-ring (bicyclic) bond motifs is 1. The lowest BCUT2D eigenvalue weighted by Gasteiger charge is -2.03. The molecule has 0 aliphatic heterocycles. The van der Waals surface area contributed by atoms with Crippen molar-refractivity contribution in [2.45, 2.75) is 0 Å². The van der Waals surface area contributed by atoms with Gasteiger partial charge in [0.15, 0.2) is 16.5 Å². The van der Waals surface area contributed by atoms with Gasteiger partial charge in [-0.05, 0) is 0 Å². The molecular weight excluding hydrogens is 220 g/mol. The number of carboxylic acids is 1. The number of halogens is 1. The monoisotopic (exact) mass is 226 g/mol. The van der Waals surface area contributed by atoms with Gasteiger partial charge in [0.25, 0.3) is 0 Å². The summed E-state index contributed by atoms with van der Waals surface area (Å²) in [7, 11) is 1.70. The lowest BCUT2D eigenvalue weighted by atomic mass is 10.4. The Morgan fingerprint density at radius 3 is 3.00 bits per heavy atom. The molecule has 0 fully saturated rings. The normalized spacial score (nSPS) is 10.5. The molecule has 0 aliphatic rings. The van der Waals surface area contributed by atoms with Crippen molar-refractivity contribution >= 4 is 28.9 Å². The van der Waals surface area contributed by atoms with E-state index in [9.17, 15) is 4.79 Å².